The maximum Gasteiger partial charge on any atom is 0.317 e. The number of amides is 2. The molecule has 2 aliphatic heterocycles. The van der Waals surface area contributed by atoms with Gasteiger partial charge in [-0.1, -0.05) is 0 Å². The largest absolute Gasteiger partial charge is 0.481 e. The van der Waals surface area contributed by atoms with Crippen LogP contribution in [-0.4, -0.2) is 65.7 Å². The third-order valence-electron chi connectivity index (χ3n) is 4.38. The van der Waals surface area contributed by atoms with Crippen LogP contribution in [0.25, 0.3) is 0 Å². The molecule has 2 fully saturated rings. The SMILES string of the molecule is CC(CN1CCCC1)NC(=O)N1CCC(C)(C(=O)O)C1. The van der Waals surface area contributed by atoms with Crippen molar-refractivity contribution in [3.63, 3.8) is 0 Å². The molecule has 20 heavy (non-hydrogen) atoms. The second-order valence-corrected chi connectivity index (χ2v) is 6.40. The average Bonchev–Trinajstić information content (AvgIpc) is 2.99. The van der Waals surface area contributed by atoms with Crippen LogP contribution in [0, 0.1) is 5.41 Å². The number of carboxylic acid groups (broad SMARTS) is 1. The molecule has 2 atom stereocenters. The van der Waals surface area contributed by atoms with Crippen LogP contribution in [0.4, 0.5) is 4.79 Å². The summed E-state index contributed by atoms with van der Waals surface area (Å²) in [4.78, 5) is 27.3. The van der Waals surface area contributed by atoms with Gasteiger partial charge in [-0.3, -0.25) is 4.79 Å². The number of urea groups is 1. The number of nitrogens with one attached hydrogen (secondary N) is 1. The van der Waals surface area contributed by atoms with Crippen LogP contribution in [-0.2, 0) is 4.79 Å². The monoisotopic (exact) mass is 283 g/mol. The van der Waals surface area contributed by atoms with Crippen molar-refractivity contribution in [2.45, 2.75) is 39.2 Å². The molecule has 2 aliphatic rings. The minimum atomic E-state index is -0.821. The summed E-state index contributed by atoms with van der Waals surface area (Å²) in [6.07, 6.45) is 3.00. The van der Waals surface area contributed by atoms with E-state index in [0.717, 1.165) is 19.6 Å². The first-order valence-corrected chi connectivity index (χ1v) is 7.42. The fourth-order valence-electron chi connectivity index (χ4n) is 3.01. The topological polar surface area (TPSA) is 72.9 Å². The highest BCUT2D eigenvalue weighted by Gasteiger charge is 2.42. The third-order valence-corrected chi connectivity index (χ3v) is 4.38. The Kier molecular flexibility index (Phi) is 4.52. The number of carbonyl (C=O) groups is 2. The quantitative estimate of drug-likeness (QED) is 0.806. The fraction of sp³-hybridized carbons (Fsp3) is 0.857. The van der Waals surface area contributed by atoms with Crippen LogP contribution in [0.2, 0.25) is 0 Å². The molecule has 0 saturated carbocycles. The van der Waals surface area contributed by atoms with Gasteiger partial charge in [-0.05, 0) is 46.2 Å². The van der Waals surface area contributed by atoms with Crippen molar-refractivity contribution in [2.75, 3.05) is 32.7 Å². The van der Waals surface area contributed by atoms with E-state index in [1.165, 1.54) is 12.8 Å². The summed E-state index contributed by atoms with van der Waals surface area (Å²) >= 11 is 0. The molecule has 2 amide bonds. The predicted molar refractivity (Wildman–Crippen MR) is 75.6 cm³/mol. The van der Waals surface area contributed by atoms with Gasteiger partial charge in [0.05, 0.1) is 5.41 Å². The van der Waals surface area contributed by atoms with Gasteiger partial charge in [-0.15, -0.1) is 0 Å². The summed E-state index contributed by atoms with van der Waals surface area (Å²) in [5, 5.41) is 12.2. The summed E-state index contributed by atoms with van der Waals surface area (Å²) in [6.45, 7) is 7.62. The Bertz CT molecular complexity index is 382. The number of rotatable bonds is 4. The van der Waals surface area contributed by atoms with Crippen molar-refractivity contribution in [2.24, 2.45) is 5.41 Å². The van der Waals surface area contributed by atoms with Gasteiger partial charge in [0.1, 0.15) is 0 Å². The number of likely N-dealkylation sites (tertiary alicyclic amines) is 2. The molecule has 0 spiro atoms. The summed E-state index contributed by atoms with van der Waals surface area (Å²) in [5.74, 6) is -0.821. The van der Waals surface area contributed by atoms with Crippen LogP contribution in [0.15, 0.2) is 0 Å². The summed E-state index contributed by atoms with van der Waals surface area (Å²) in [6, 6.07) is -0.0426. The third kappa shape index (κ3) is 3.42. The van der Waals surface area contributed by atoms with E-state index < -0.39 is 11.4 Å². The molecule has 0 aromatic rings. The maximum atomic E-state index is 12.1. The van der Waals surface area contributed by atoms with Gasteiger partial charge in [0.25, 0.3) is 0 Å². The zero-order valence-electron chi connectivity index (χ0n) is 12.4. The molecule has 0 radical (unpaired) electrons. The van der Waals surface area contributed by atoms with E-state index >= 15 is 0 Å². The number of hydrogen-bond donors (Lipinski definition) is 2. The first-order valence-electron chi connectivity index (χ1n) is 7.42. The molecule has 6 nitrogen and oxygen atoms in total. The zero-order valence-corrected chi connectivity index (χ0v) is 12.4. The molecule has 2 heterocycles. The Labute approximate surface area is 120 Å². The molecule has 2 N–H and O–H groups in total. The van der Waals surface area contributed by atoms with Gasteiger partial charge >= 0.3 is 12.0 Å². The van der Waals surface area contributed by atoms with E-state index in [1.807, 2.05) is 6.92 Å². The van der Waals surface area contributed by atoms with E-state index in [2.05, 4.69) is 10.2 Å². The number of carbonyl (C=O) groups excluding carboxylic acids is 1. The highest BCUT2D eigenvalue weighted by atomic mass is 16.4. The standard InChI is InChI=1S/C14H25N3O3/c1-11(9-16-6-3-4-7-16)15-13(20)17-8-5-14(2,10-17)12(18)19/h11H,3-10H2,1-2H3,(H,15,20)(H,18,19). The molecule has 114 valence electrons. The molecule has 2 saturated heterocycles. The highest BCUT2D eigenvalue weighted by molar-refractivity contribution is 5.79. The van der Waals surface area contributed by atoms with Crippen LogP contribution in [0.1, 0.15) is 33.1 Å². The summed E-state index contributed by atoms with van der Waals surface area (Å²) in [5.41, 5.74) is -0.796. The molecule has 0 bridgehead atoms. The predicted octanol–water partition coefficient (Wildman–Crippen LogP) is 0.977. The van der Waals surface area contributed by atoms with Crippen molar-refractivity contribution < 1.29 is 14.7 Å². The van der Waals surface area contributed by atoms with E-state index in [9.17, 15) is 14.7 Å². The molecule has 0 aromatic heterocycles. The van der Waals surface area contributed by atoms with E-state index in [0.29, 0.717) is 19.5 Å². The summed E-state index contributed by atoms with van der Waals surface area (Å²) in [7, 11) is 0. The van der Waals surface area contributed by atoms with Crippen molar-refractivity contribution in [3.8, 4) is 0 Å². The minimum absolute atomic E-state index is 0.0947. The Balaban J connectivity index is 1.78. The van der Waals surface area contributed by atoms with Gasteiger partial charge < -0.3 is 20.2 Å². The molecule has 0 aliphatic carbocycles. The lowest BCUT2D eigenvalue weighted by molar-refractivity contribution is -0.146. The van der Waals surface area contributed by atoms with Gasteiger partial charge in [0.2, 0.25) is 0 Å². The van der Waals surface area contributed by atoms with Crippen molar-refractivity contribution in [1.29, 1.82) is 0 Å². The second-order valence-electron chi connectivity index (χ2n) is 6.40. The molecular weight excluding hydrogens is 258 g/mol. The lowest BCUT2D eigenvalue weighted by Gasteiger charge is -2.25. The van der Waals surface area contributed by atoms with Gasteiger partial charge in [0.15, 0.2) is 0 Å². The van der Waals surface area contributed by atoms with Crippen LogP contribution in [0.5, 0.6) is 0 Å². The Hall–Kier alpha value is -1.30. The van der Waals surface area contributed by atoms with Crippen LogP contribution < -0.4 is 5.32 Å². The first kappa shape index (κ1) is 15.1. The molecule has 2 unspecified atom stereocenters. The van der Waals surface area contributed by atoms with Crippen molar-refractivity contribution in [3.05, 3.63) is 0 Å². The molecule has 2 rings (SSSR count). The van der Waals surface area contributed by atoms with Crippen molar-refractivity contribution in [1.82, 2.24) is 15.1 Å². The van der Waals surface area contributed by atoms with Crippen molar-refractivity contribution >= 4 is 12.0 Å². The number of aliphatic carboxylic acids is 1. The maximum absolute atomic E-state index is 12.1. The molecular formula is C14H25N3O3. The molecule has 0 aromatic carbocycles. The second kappa shape index (κ2) is 5.99. The van der Waals surface area contributed by atoms with Gasteiger partial charge in [-0.25, -0.2) is 4.79 Å². The Morgan fingerprint density at radius 1 is 1.30 bits per heavy atom. The zero-order chi connectivity index (χ0) is 14.8. The number of carboxylic acids is 1. The summed E-state index contributed by atoms with van der Waals surface area (Å²) < 4.78 is 0. The fourth-order valence-corrected chi connectivity index (χ4v) is 3.01. The van der Waals surface area contributed by atoms with Gasteiger partial charge in [0, 0.05) is 25.7 Å². The lowest BCUT2D eigenvalue weighted by atomic mass is 9.90. The Morgan fingerprint density at radius 2 is 1.95 bits per heavy atom. The van der Waals surface area contributed by atoms with E-state index in [-0.39, 0.29) is 12.1 Å². The smallest absolute Gasteiger partial charge is 0.317 e. The van der Waals surface area contributed by atoms with Crippen LogP contribution >= 0.6 is 0 Å². The molecule has 6 heteroatoms. The first-order chi connectivity index (χ1) is 9.40. The minimum Gasteiger partial charge on any atom is -0.481 e. The normalized spacial score (nSPS) is 28.6. The average molecular weight is 283 g/mol. The Morgan fingerprint density at radius 3 is 2.50 bits per heavy atom. The van der Waals surface area contributed by atoms with Gasteiger partial charge in [-0.2, -0.15) is 0 Å². The van der Waals surface area contributed by atoms with E-state index in [1.54, 1.807) is 11.8 Å². The highest BCUT2D eigenvalue weighted by Crippen LogP contribution is 2.29. The van der Waals surface area contributed by atoms with Crippen LogP contribution in [0.3, 0.4) is 0 Å². The lowest BCUT2D eigenvalue weighted by Crippen LogP contribution is -2.47. The van der Waals surface area contributed by atoms with E-state index in [4.69, 9.17) is 0 Å². The number of nitrogens with zero attached hydrogens (tertiary/aromatic N) is 2. The number of hydrogen-bond acceptors (Lipinski definition) is 3.